The van der Waals surface area contributed by atoms with Gasteiger partial charge in [-0.25, -0.2) is 4.79 Å². The Morgan fingerprint density at radius 3 is 2.67 bits per heavy atom. The van der Waals surface area contributed by atoms with E-state index in [0.717, 1.165) is 11.6 Å². The van der Waals surface area contributed by atoms with E-state index in [1.807, 2.05) is 0 Å². The number of pyridine rings is 1. The Bertz CT molecular complexity index is 664. The first-order valence-corrected chi connectivity index (χ1v) is 6.20. The number of hydrogen-bond donors (Lipinski definition) is 1. The van der Waals surface area contributed by atoms with E-state index < -0.39 is 11.0 Å². The summed E-state index contributed by atoms with van der Waals surface area (Å²) in [5.41, 5.74) is 0.868. The average molecular weight is 308 g/mol. The predicted octanol–water partition coefficient (Wildman–Crippen LogP) is 3.39. The largest absolute Gasteiger partial charge is 0.444 e. The smallest absolute Gasteiger partial charge is 0.412 e. The molecule has 0 unspecified atom stereocenters. The van der Waals surface area contributed by atoms with Gasteiger partial charge in [0.05, 0.1) is 15.6 Å². The van der Waals surface area contributed by atoms with Crippen LogP contribution in [0.25, 0.3) is 0 Å². The highest BCUT2D eigenvalue weighted by Crippen LogP contribution is 2.26. The summed E-state index contributed by atoms with van der Waals surface area (Å²) in [6.07, 6.45) is 2.47. The number of halogens is 1. The number of aromatic nitrogens is 1. The molecule has 2 rings (SSSR count). The lowest BCUT2D eigenvalue weighted by atomic mass is 10.3. The van der Waals surface area contributed by atoms with E-state index in [4.69, 9.17) is 16.3 Å². The normalized spacial score (nSPS) is 9.95. The number of ether oxygens (including phenoxy) is 1. The maximum absolute atomic E-state index is 11.6. The quantitative estimate of drug-likeness (QED) is 0.690. The lowest BCUT2D eigenvalue weighted by Crippen LogP contribution is -2.13. The van der Waals surface area contributed by atoms with Gasteiger partial charge in [-0.15, -0.1) is 0 Å². The highest BCUT2D eigenvalue weighted by Gasteiger charge is 2.12. The molecular weight excluding hydrogens is 298 g/mol. The Labute approximate surface area is 124 Å². The number of amides is 1. The molecule has 0 aliphatic heterocycles. The van der Waals surface area contributed by atoms with Crippen molar-refractivity contribution < 1.29 is 14.5 Å². The summed E-state index contributed by atoms with van der Waals surface area (Å²) < 4.78 is 4.99. The molecule has 1 heterocycles. The molecule has 1 aromatic heterocycles. The Hall–Kier alpha value is -2.67. The van der Waals surface area contributed by atoms with Gasteiger partial charge in [0.25, 0.3) is 5.69 Å². The second kappa shape index (κ2) is 6.67. The van der Waals surface area contributed by atoms with Gasteiger partial charge in [-0.05, 0) is 23.8 Å². The molecular formula is C13H10ClN3O4. The monoisotopic (exact) mass is 307 g/mol. The van der Waals surface area contributed by atoms with E-state index in [0.29, 0.717) is 0 Å². The molecule has 0 radical (unpaired) electrons. The predicted molar refractivity (Wildman–Crippen MR) is 76.2 cm³/mol. The van der Waals surface area contributed by atoms with E-state index in [9.17, 15) is 14.9 Å². The molecule has 0 aliphatic carbocycles. The molecule has 0 fully saturated rings. The Morgan fingerprint density at radius 1 is 1.33 bits per heavy atom. The van der Waals surface area contributed by atoms with Crippen LogP contribution in [0.5, 0.6) is 0 Å². The van der Waals surface area contributed by atoms with Crippen molar-refractivity contribution in [3.05, 3.63) is 63.4 Å². The third kappa shape index (κ3) is 4.15. The molecule has 0 saturated heterocycles. The van der Waals surface area contributed by atoms with Gasteiger partial charge in [0.15, 0.2) is 0 Å². The van der Waals surface area contributed by atoms with Crippen LogP contribution in [0.1, 0.15) is 5.56 Å². The number of rotatable bonds is 4. The number of non-ortho nitro benzene ring substituents is 1. The van der Waals surface area contributed by atoms with Crippen LogP contribution >= 0.6 is 11.6 Å². The Balaban J connectivity index is 1.95. The fraction of sp³-hybridized carbons (Fsp3) is 0.0769. The van der Waals surface area contributed by atoms with Gasteiger partial charge in [-0.3, -0.25) is 20.4 Å². The first-order chi connectivity index (χ1) is 10.1. The van der Waals surface area contributed by atoms with Crippen molar-refractivity contribution in [3.8, 4) is 0 Å². The van der Waals surface area contributed by atoms with Gasteiger partial charge in [-0.2, -0.15) is 0 Å². The van der Waals surface area contributed by atoms with Crippen molar-refractivity contribution in [1.29, 1.82) is 0 Å². The minimum atomic E-state index is -0.706. The van der Waals surface area contributed by atoms with Crippen molar-refractivity contribution in [2.45, 2.75) is 6.61 Å². The second-order valence-corrected chi connectivity index (χ2v) is 4.39. The van der Waals surface area contributed by atoms with Crippen molar-refractivity contribution >= 4 is 29.1 Å². The van der Waals surface area contributed by atoms with Crippen LogP contribution in [0.15, 0.2) is 42.7 Å². The van der Waals surface area contributed by atoms with Gasteiger partial charge in [0.2, 0.25) is 0 Å². The van der Waals surface area contributed by atoms with Crippen LogP contribution in [0.4, 0.5) is 16.2 Å². The number of carbonyl (C=O) groups is 1. The van der Waals surface area contributed by atoms with Crippen LogP contribution in [0.3, 0.4) is 0 Å². The fourth-order valence-corrected chi connectivity index (χ4v) is 1.71. The van der Waals surface area contributed by atoms with E-state index in [-0.39, 0.29) is 23.0 Å². The van der Waals surface area contributed by atoms with Gasteiger partial charge < -0.3 is 4.74 Å². The molecule has 21 heavy (non-hydrogen) atoms. The number of anilines is 1. The zero-order valence-electron chi connectivity index (χ0n) is 10.7. The number of carbonyl (C=O) groups excluding carboxylic acids is 1. The van der Waals surface area contributed by atoms with Crippen molar-refractivity contribution in [2.75, 3.05) is 5.32 Å². The number of nitrogens with zero attached hydrogens (tertiary/aromatic N) is 2. The minimum absolute atomic E-state index is 0.0602. The highest BCUT2D eigenvalue weighted by molar-refractivity contribution is 6.33. The summed E-state index contributed by atoms with van der Waals surface area (Å²) >= 11 is 5.85. The molecule has 1 amide bonds. The lowest BCUT2D eigenvalue weighted by molar-refractivity contribution is -0.384. The summed E-state index contributed by atoms with van der Waals surface area (Å²) in [6.45, 7) is 0.0823. The first kappa shape index (κ1) is 14.7. The number of nitro benzene ring substituents is 1. The van der Waals surface area contributed by atoms with Crippen LogP contribution in [-0.2, 0) is 11.3 Å². The molecule has 2 aromatic rings. The number of hydrogen-bond acceptors (Lipinski definition) is 5. The Kier molecular flexibility index (Phi) is 4.68. The highest BCUT2D eigenvalue weighted by atomic mass is 35.5. The van der Waals surface area contributed by atoms with Gasteiger partial charge >= 0.3 is 6.09 Å². The maximum atomic E-state index is 11.6. The van der Waals surface area contributed by atoms with Crippen LogP contribution < -0.4 is 5.32 Å². The molecule has 0 aliphatic rings. The van der Waals surface area contributed by atoms with E-state index in [2.05, 4.69) is 10.3 Å². The lowest BCUT2D eigenvalue weighted by Gasteiger charge is -2.08. The van der Waals surface area contributed by atoms with Crippen molar-refractivity contribution in [1.82, 2.24) is 4.98 Å². The molecule has 1 aromatic carbocycles. The molecule has 0 spiro atoms. The van der Waals surface area contributed by atoms with Crippen LogP contribution in [0, 0.1) is 10.1 Å². The summed E-state index contributed by atoms with van der Waals surface area (Å²) in [7, 11) is 0. The summed E-state index contributed by atoms with van der Waals surface area (Å²) in [6, 6.07) is 7.16. The summed E-state index contributed by atoms with van der Waals surface area (Å²) in [4.78, 5) is 25.5. The number of nitrogens with one attached hydrogen (secondary N) is 1. The molecule has 0 bridgehead atoms. The van der Waals surface area contributed by atoms with Crippen LogP contribution in [-0.4, -0.2) is 16.0 Å². The van der Waals surface area contributed by atoms with E-state index >= 15 is 0 Å². The standard InChI is InChI=1S/C13H10ClN3O4/c14-11-7-10(17(19)20)1-2-12(11)16-13(18)21-8-9-3-5-15-6-4-9/h1-7H,8H2,(H,16,18). The fourth-order valence-electron chi connectivity index (χ4n) is 1.49. The number of nitro groups is 1. The Morgan fingerprint density at radius 2 is 2.05 bits per heavy atom. The molecule has 1 N–H and O–H groups in total. The van der Waals surface area contributed by atoms with Gasteiger partial charge in [0.1, 0.15) is 6.61 Å². The molecule has 7 nitrogen and oxygen atoms in total. The second-order valence-electron chi connectivity index (χ2n) is 3.98. The van der Waals surface area contributed by atoms with Crippen molar-refractivity contribution in [2.24, 2.45) is 0 Å². The third-order valence-corrected chi connectivity index (χ3v) is 2.83. The number of benzene rings is 1. The topological polar surface area (TPSA) is 94.4 Å². The molecule has 0 atom stereocenters. The molecule has 0 saturated carbocycles. The van der Waals surface area contributed by atoms with Crippen molar-refractivity contribution in [3.63, 3.8) is 0 Å². The zero-order chi connectivity index (χ0) is 15.2. The zero-order valence-corrected chi connectivity index (χ0v) is 11.4. The summed E-state index contributed by atoms with van der Waals surface area (Å²) in [5, 5.41) is 13.1. The van der Waals surface area contributed by atoms with Gasteiger partial charge in [-0.1, -0.05) is 11.6 Å². The van der Waals surface area contributed by atoms with E-state index in [1.165, 1.54) is 12.1 Å². The SMILES string of the molecule is O=C(Nc1ccc([N+](=O)[O-])cc1Cl)OCc1ccncc1. The maximum Gasteiger partial charge on any atom is 0.412 e. The molecule has 108 valence electrons. The molecule has 8 heteroatoms. The average Bonchev–Trinajstić information content (AvgIpc) is 2.48. The third-order valence-electron chi connectivity index (χ3n) is 2.52. The minimum Gasteiger partial charge on any atom is -0.444 e. The first-order valence-electron chi connectivity index (χ1n) is 5.83. The summed E-state index contributed by atoms with van der Waals surface area (Å²) in [5.74, 6) is 0. The van der Waals surface area contributed by atoms with Gasteiger partial charge in [0, 0.05) is 24.5 Å². The van der Waals surface area contributed by atoms with E-state index in [1.54, 1.807) is 24.5 Å². The van der Waals surface area contributed by atoms with Crippen LogP contribution in [0.2, 0.25) is 5.02 Å².